The number of piperidine rings is 2. The molecule has 0 aromatic rings. The first-order valence-electron chi connectivity index (χ1n) is 8.45. The van der Waals surface area contributed by atoms with Gasteiger partial charge < -0.3 is 5.32 Å². The number of nitrogens with zero attached hydrogens (tertiary/aromatic N) is 2. The van der Waals surface area contributed by atoms with Crippen molar-refractivity contribution in [2.24, 2.45) is 0 Å². The molecule has 0 saturated carbocycles. The summed E-state index contributed by atoms with van der Waals surface area (Å²) in [5, 5.41) is 3.52. The van der Waals surface area contributed by atoms with Gasteiger partial charge in [0.25, 0.3) is 0 Å². The Morgan fingerprint density at radius 2 is 1.68 bits per heavy atom. The summed E-state index contributed by atoms with van der Waals surface area (Å²) in [6.45, 7) is 6.43. The quantitative estimate of drug-likeness (QED) is 0.839. The molecule has 3 aliphatic heterocycles. The van der Waals surface area contributed by atoms with Crippen LogP contribution in [0, 0.1) is 0 Å². The first-order valence-corrected chi connectivity index (χ1v) is 8.45. The van der Waals surface area contributed by atoms with E-state index in [9.17, 15) is 0 Å². The molecule has 3 aliphatic rings. The third kappa shape index (κ3) is 2.98. The molecule has 0 spiro atoms. The van der Waals surface area contributed by atoms with Crippen molar-refractivity contribution in [3.63, 3.8) is 0 Å². The minimum Gasteiger partial charge on any atom is -0.317 e. The van der Waals surface area contributed by atoms with Crippen molar-refractivity contribution in [1.82, 2.24) is 15.1 Å². The van der Waals surface area contributed by atoms with E-state index in [1.165, 1.54) is 64.6 Å². The van der Waals surface area contributed by atoms with Crippen LogP contribution in [0.3, 0.4) is 0 Å². The number of likely N-dealkylation sites (tertiary alicyclic amines) is 1. The molecule has 19 heavy (non-hydrogen) atoms. The van der Waals surface area contributed by atoms with Gasteiger partial charge in [0.05, 0.1) is 0 Å². The van der Waals surface area contributed by atoms with Gasteiger partial charge in [-0.15, -0.1) is 0 Å². The fourth-order valence-electron chi connectivity index (χ4n) is 4.62. The lowest BCUT2D eigenvalue weighted by atomic mass is 9.81. The van der Waals surface area contributed by atoms with Crippen molar-refractivity contribution >= 4 is 0 Å². The lowest BCUT2D eigenvalue weighted by molar-refractivity contribution is 0.00771. The first kappa shape index (κ1) is 13.8. The summed E-state index contributed by atoms with van der Waals surface area (Å²) in [4.78, 5) is 5.58. The van der Waals surface area contributed by atoms with Crippen LogP contribution in [0.5, 0.6) is 0 Å². The van der Waals surface area contributed by atoms with Gasteiger partial charge in [-0.1, -0.05) is 6.42 Å². The number of hydrogen-bond donors (Lipinski definition) is 1. The van der Waals surface area contributed by atoms with Gasteiger partial charge in [0, 0.05) is 30.7 Å². The molecule has 3 rings (SSSR count). The molecule has 3 unspecified atom stereocenters. The minimum atomic E-state index is 0.761. The summed E-state index contributed by atoms with van der Waals surface area (Å²) in [7, 11) is 2.14. The Hall–Kier alpha value is -0.120. The van der Waals surface area contributed by atoms with Crippen LogP contribution < -0.4 is 5.32 Å². The van der Waals surface area contributed by atoms with E-state index < -0.39 is 0 Å². The van der Waals surface area contributed by atoms with Gasteiger partial charge in [-0.25, -0.2) is 0 Å². The molecule has 3 atom stereocenters. The Morgan fingerprint density at radius 3 is 2.26 bits per heavy atom. The zero-order valence-corrected chi connectivity index (χ0v) is 12.8. The molecular weight excluding hydrogens is 234 g/mol. The average molecular weight is 265 g/mol. The Kier molecular flexibility index (Phi) is 4.45. The van der Waals surface area contributed by atoms with Gasteiger partial charge in [-0.3, -0.25) is 9.80 Å². The van der Waals surface area contributed by atoms with Gasteiger partial charge in [-0.2, -0.15) is 0 Å². The zero-order chi connectivity index (χ0) is 13.2. The highest BCUT2D eigenvalue weighted by Crippen LogP contribution is 2.34. The van der Waals surface area contributed by atoms with Crippen molar-refractivity contribution in [3.05, 3.63) is 0 Å². The van der Waals surface area contributed by atoms with Gasteiger partial charge in [-0.05, 0) is 65.6 Å². The van der Waals surface area contributed by atoms with Crippen LogP contribution in [0.1, 0.15) is 51.9 Å². The topological polar surface area (TPSA) is 18.5 Å². The van der Waals surface area contributed by atoms with Crippen molar-refractivity contribution in [3.8, 4) is 0 Å². The highest BCUT2D eigenvalue weighted by molar-refractivity contribution is 4.96. The predicted molar refractivity (Wildman–Crippen MR) is 80.5 cm³/mol. The van der Waals surface area contributed by atoms with E-state index in [0.29, 0.717) is 0 Å². The molecular formula is C16H31N3. The molecule has 3 fully saturated rings. The number of fused-ring (bicyclic) bond motifs is 2. The molecule has 0 aromatic carbocycles. The summed E-state index contributed by atoms with van der Waals surface area (Å²) in [5.74, 6) is 0. The van der Waals surface area contributed by atoms with Crippen LogP contribution in [-0.4, -0.2) is 60.6 Å². The van der Waals surface area contributed by atoms with E-state index in [4.69, 9.17) is 0 Å². The van der Waals surface area contributed by atoms with Crippen LogP contribution in [-0.2, 0) is 0 Å². The maximum Gasteiger partial charge on any atom is 0.0195 e. The van der Waals surface area contributed by atoms with Crippen LogP contribution in [0.4, 0.5) is 0 Å². The lowest BCUT2D eigenvalue weighted by Gasteiger charge is -2.50. The van der Waals surface area contributed by atoms with E-state index in [1.807, 2.05) is 0 Å². The van der Waals surface area contributed by atoms with E-state index in [0.717, 1.165) is 24.2 Å². The Bertz CT molecular complexity index is 274. The molecule has 0 radical (unpaired) electrons. The monoisotopic (exact) mass is 265 g/mol. The van der Waals surface area contributed by atoms with Gasteiger partial charge >= 0.3 is 0 Å². The van der Waals surface area contributed by atoms with Crippen LogP contribution in [0.15, 0.2) is 0 Å². The number of hydrogen-bond acceptors (Lipinski definition) is 3. The minimum absolute atomic E-state index is 0.761. The van der Waals surface area contributed by atoms with Crippen molar-refractivity contribution < 1.29 is 0 Å². The standard InChI is InChI=1S/C16H31N3/c1-13(18-8-3-4-9-18)12-19-15-6-5-7-16(19)11-14(10-15)17-2/h13-17H,3-12H2,1-2H3. The van der Waals surface area contributed by atoms with E-state index in [-0.39, 0.29) is 0 Å². The second kappa shape index (κ2) is 6.11. The van der Waals surface area contributed by atoms with Crippen LogP contribution >= 0.6 is 0 Å². The van der Waals surface area contributed by atoms with Gasteiger partial charge in [0.15, 0.2) is 0 Å². The maximum absolute atomic E-state index is 3.52. The molecule has 3 heterocycles. The third-order valence-corrected chi connectivity index (χ3v) is 5.77. The third-order valence-electron chi connectivity index (χ3n) is 5.77. The lowest BCUT2D eigenvalue weighted by Crippen LogP contribution is -2.58. The SMILES string of the molecule is CNC1CC2CCCC(C1)N2CC(C)N1CCCC1. The average Bonchev–Trinajstić information content (AvgIpc) is 2.92. The molecule has 3 saturated heterocycles. The molecule has 2 bridgehead atoms. The fourth-order valence-corrected chi connectivity index (χ4v) is 4.62. The Balaban J connectivity index is 1.60. The molecule has 1 N–H and O–H groups in total. The van der Waals surface area contributed by atoms with Crippen LogP contribution in [0.2, 0.25) is 0 Å². The molecule has 3 nitrogen and oxygen atoms in total. The summed E-state index contributed by atoms with van der Waals surface area (Å²) in [6, 6.07) is 3.25. The second-order valence-corrected chi connectivity index (χ2v) is 6.98. The summed E-state index contributed by atoms with van der Waals surface area (Å²) >= 11 is 0. The number of rotatable bonds is 4. The molecule has 110 valence electrons. The van der Waals surface area contributed by atoms with Crippen molar-refractivity contribution in [2.75, 3.05) is 26.7 Å². The number of nitrogens with one attached hydrogen (secondary N) is 1. The molecule has 0 amide bonds. The van der Waals surface area contributed by atoms with Gasteiger partial charge in [0.1, 0.15) is 0 Å². The zero-order valence-electron chi connectivity index (χ0n) is 12.8. The Labute approximate surface area is 118 Å². The largest absolute Gasteiger partial charge is 0.317 e. The van der Waals surface area contributed by atoms with E-state index in [2.05, 4.69) is 29.1 Å². The normalized spacial score (nSPS) is 38.5. The van der Waals surface area contributed by atoms with Crippen LogP contribution in [0.25, 0.3) is 0 Å². The van der Waals surface area contributed by atoms with Crippen molar-refractivity contribution in [1.29, 1.82) is 0 Å². The summed E-state index contributed by atoms with van der Waals surface area (Å²) in [6.07, 6.45) is 9.90. The fraction of sp³-hybridized carbons (Fsp3) is 1.00. The molecule has 3 heteroatoms. The highest BCUT2D eigenvalue weighted by Gasteiger charge is 2.38. The van der Waals surface area contributed by atoms with E-state index in [1.54, 1.807) is 0 Å². The second-order valence-electron chi connectivity index (χ2n) is 6.98. The van der Waals surface area contributed by atoms with Crippen molar-refractivity contribution in [2.45, 2.75) is 76.0 Å². The molecule has 0 aromatic heterocycles. The maximum atomic E-state index is 3.52. The summed E-state index contributed by atoms with van der Waals surface area (Å²) < 4.78 is 0. The first-order chi connectivity index (χ1) is 9.28. The predicted octanol–water partition coefficient (Wildman–Crippen LogP) is 2.08. The van der Waals surface area contributed by atoms with E-state index >= 15 is 0 Å². The van der Waals surface area contributed by atoms with Gasteiger partial charge in [0.2, 0.25) is 0 Å². The summed E-state index contributed by atoms with van der Waals surface area (Å²) in [5.41, 5.74) is 0. The molecule has 0 aliphatic carbocycles. The smallest absolute Gasteiger partial charge is 0.0195 e. The highest BCUT2D eigenvalue weighted by atomic mass is 15.3. The Morgan fingerprint density at radius 1 is 1.05 bits per heavy atom.